The molecule has 1 fully saturated rings. The number of thiol groups is 1. The van der Waals surface area contributed by atoms with Gasteiger partial charge in [-0.05, 0) is 19.3 Å². The summed E-state index contributed by atoms with van der Waals surface area (Å²) in [6.07, 6.45) is -3.41. The summed E-state index contributed by atoms with van der Waals surface area (Å²) in [6, 6.07) is -0.409. The van der Waals surface area contributed by atoms with Crippen LogP contribution in [0.15, 0.2) is 0 Å². The first-order valence-corrected chi connectivity index (χ1v) is 4.43. The lowest BCUT2D eigenvalue weighted by Crippen LogP contribution is -3.00. The minimum Gasteiger partial charge on any atom is -1.00 e. The van der Waals surface area contributed by atoms with E-state index in [1.807, 2.05) is 0 Å². The quantitative estimate of drug-likeness (QED) is 0.523. The van der Waals surface area contributed by atoms with Gasteiger partial charge in [0.1, 0.15) is 0 Å². The molecule has 0 aromatic rings. The van der Waals surface area contributed by atoms with Gasteiger partial charge < -0.3 is 18.1 Å². The summed E-state index contributed by atoms with van der Waals surface area (Å²) in [4.78, 5) is 0. The molecule has 0 aromatic carbocycles. The van der Waals surface area contributed by atoms with Crippen LogP contribution in [0.2, 0.25) is 0 Å². The van der Waals surface area contributed by atoms with Gasteiger partial charge in [0.2, 0.25) is 0 Å². The van der Waals surface area contributed by atoms with E-state index in [1.165, 1.54) is 0 Å². The fourth-order valence-electron chi connectivity index (χ4n) is 1.49. The van der Waals surface area contributed by atoms with Crippen LogP contribution < -0.4 is 18.1 Å². The molecule has 80 valence electrons. The molecular weight excluding hydrogens is 223 g/mol. The molecule has 1 aliphatic rings. The number of hydrogen-bond donors (Lipinski definition) is 2. The van der Waals surface area contributed by atoms with Gasteiger partial charge in [0.05, 0.1) is 5.92 Å². The second-order valence-electron chi connectivity index (χ2n) is 3.28. The molecule has 0 saturated heterocycles. The van der Waals surface area contributed by atoms with Crippen molar-refractivity contribution in [2.24, 2.45) is 11.7 Å². The van der Waals surface area contributed by atoms with Crippen molar-refractivity contribution in [1.82, 2.24) is 0 Å². The molecule has 1 saturated carbocycles. The average molecular weight is 236 g/mol. The van der Waals surface area contributed by atoms with E-state index >= 15 is 0 Å². The Morgan fingerprint density at radius 1 is 1.31 bits per heavy atom. The fourth-order valence-corrected chi connectivity index (χ4v) is 1.76. The third kappa shape index (κ3) is 3.56. The van der Waals surface area contributed by atoms with Crippen molar-refractivity contribution in [3.8, 4) is 0 Å². The van der Waals surface area contributed by atoms with Crippen LogP contribution in [0.5, 0.6) is 0 Å². The first-order chi connectivity index (χ1) is 5.41. The summed E-state index contributed by atoms with van der Waals surface area (Å²) in [5, 5.41) is -0.0661. The highest BCUT2D eigenvalue weighted by Crippen LogP contribution is 2.38. The van der Waals surface area contributed by atoms with Gasteiger partial charge in [0.15, 0.2) is 0 Å². The number of alkyl halides is 3. The van der Waals surface area contributed by atoms with Gasteiger partial charge in [-0.2, -0.15) is 25.8 Å². The van der Waals surface area contributed by atoms with E-state index in [1.54, 1.807) is 0 Å². The molecule has 0 bridgehead atoms. The molecule has 6 heteroatoms. The summed E-state index contributed by atoms with van der Waals surface area (Å²) in [6.45, 7) is 0. The Labute approximate surface area is 88.6 Å². The molecule has 0 aromatic heterocycles. The Balaban J connectivity index is 0. The molecule has 0 amide bonds. The third-order valence-corrected chi connectivity index (χ3v) is 2.97. The second kappa shape index (κ2) is 4.75. The van der Waals surface area contributed by atoms with Gasteiger partial charge in [0.25, 0.3) is 0 Å². The molecule has 0 heterocycles. The summed E-state index contributed by atoms with van der Waals surface area (Å²) in [5.41, 5.74) is 5.49. The summed E-state index contributed by atoms with van der Waals surface area (Å²) in [7, 11) is 0. The van der Waals surface area contributed by atoms with Crippen LogP contribution in [-0.2, 0) is 0 Å². The van der Waals surface area contributed by atoms with E-state index in [-0.39, 0.29) is 31.9 Å². The number of hydrogen-bond acceptors (Lipinski definition) is 2. The van der Waals surface area contributed by atoms with Crippen LogP contribution in [0.3, 0.4) is 0 Å². The van der Waals surface area contributed by atoms with Gasteiger partial charge >= 0.3 is 7.60 Å². The molecule has 13 heavy (non-hydrogen) atoms. The first kappa shape index (κ1) is 13.4. The lowest BCUT2D eigenvalue weighted by molar-refractivity contribution is -0.182. The van der Waals surface area contributed by atoms with Gasteiger partial charge in [0, 0.05) is 11.3 Å². The van der Waals surface area contributed by atoms with E-state index in [2.05, 4.69) is 12.6 Å². The molecule has 3 unspecified atom stereocenters. The topological polar surface area (TPSA) is 26.0 Å². The highest BCUT2D eigenvalue weighted by atomic mass is 35.5. The van der Waals surface area contributed by atoms with Crippen molar-refractivity contribution in [3.05, 3.63) is 0 Å². The normalized spacial score (nSPS) is 35.3. The number of rotatable bonds is 0. The van der Waals surface area contributed by atoms with Crippen molar-refractivity contribution in [2.45, 2.75) is 36.7 Å². The maximum Gasteiger partial charge on any atom is 1.00 e. The molecule has 0 radical (unpaired) electrons. The zero-order valence-corrected chi connectivity index (χ0v) is 8.54. The molecular formula is C7H13ClF3NS. The third-order valence-electron chi connectivity index (χ3n) is 2.32. The van der Waals surface area contributed by atoms with E-state index in [9.17, 15) is 13.2 Å². The predicted molar refractivity (Wildman–Crippen MR) is 45.3 cm³/mol. The second-order valence-corrected chi connectivity index (χ2v) is 3.95. The van der Waals surface area contributed by atoms with Gasteiger partial charge in [-0.1, -0.05) is 0 Å². The van der Waals surface area contributed by atoms with E-state index < -0.39 is 18.1 Å². The minimum absolute atomic E-state index is 0. The average Bonchev–Trinajstić information content (AvgIpc) is 1.92. The molecule has 1 nitrogen and oxygen atoms in total. The van der Waals surface area contributed by atoms with E-state index in [0.29, 0.717) is 6.42 Å². The van der Waals surface area contributed by atoms with Crippen molar-refractivity contribution >= 4 is 12.6 Å². The molecule has 1 rings (SSSR count). The predicted octanol–water partition coefficient (Wildman–Crippen LogP) is -0.909. The van der Waals surface area contributed by atoms with E-state index in [4.69, 9.17) is 5.73 Å². The monoisotopic (exact) mass is 235 g/mol. The SMILES string of the molecule is NC1CC(C(F)(F)F)CCC1S.[Cl-].[H+]. The standard InChI is InChI=1S/C7H12F3NS.ClH/c8-7(9,10)4-1-2-6(12)5(11)3-4;/h4-6,12H,1-3,11H2;1H. The van der Waals surface area contributed by atoms with E-state index in [0.717, 1.165) is 0 Å². The van der Waals surface area contributed by atoms with Crippen LogP contribution in [-0.4, -0.2) is 17.5 Å². The Morgan fingerprint density at radius 3 is 2.23 bits per heavy atom. The molecule has 1 aliphatic carbocycles. The van der Waals surface area contributed by atoms with Crippen molar-refractivity contribution in [1.29, 1.82) is 0 Å². The van der Waals surface area contributed by atoms with Crippen LogP contribution in [0.1, 0.15) is 20.7 Å². The number of halogens is 4. The smallest absolute Gasteiger partial charge is 1.00 e. The van der Waals surface area contributed by atoms with Crippen molar-refractivity contribution in [2.75, 3.05) is 0 Å². The zero-order chi connectivity index (χ0) is 9.35. The summed E-state index contributed by atoms with van der Waals surface area (Å²) >= 11 is 4.10. The van der Waals surface area contributed by atoms with Crippen LogP contribution in [0, 0.1) is 5.92 Å². The minimum atomic E-state index is -4.08. The fraction of sp³-hybridized carbons (Fsp3) is 1.00. The highest BCUT2D eigenvalue weighted by molar-refractivity contribution is 7.81. The van der Waals surface area contributed by atoms with Gasteiger partial charge in [-0.3, -0.25) is 0 Å². The van der Waals surface area contributed by atoms with Crippen LogP contribution in [0.4, 0.5) is 13.2 Å². The Morgan fingerprint density at radius 2 is 1.85 bits per heavy atom. The van der Waals surface area contributed by atoms with Gasteiger partial charge in [-0.25, -0.2) is 0 Å². The Bertz CT molecular complexity index is 170. The van der Waals surface area contributed by atoms with Crippen LogP contribution >= 0.6 is 12.6 Å². The largest absolute Gasteiger partial charge is 1.00 e. The van der Waals surface area contributed by atoms with Crippen molar-refractivity contribution < 1.29 is 27.0 Å². The zero-order valence-electron chi connectivity index (χ0n) is 7.89. The summed E-state index contributed by atoms with van der Waals surface area (Å²) < 4.78 is 36.5. The lowest BCUT2D eigenvalue weighted by Gasteiger charge is -2.32. The summed E-state index contributed by atoms with van der Waals surface area (Å²) in [5.74, 6) is -1.21. The maximum atomic E-state index is 12.2. The molecule has 3 atom stereocenters. The number of nitrogens with two attached hydrogens (primary N) is 1. The Hall–Kier alpha value is 0.390. The van der Waals surface area contributed by atoms with Gasteiger partial charge in [-0.15, -0.1) is 0 Å². The highest BCUT2D eigenvalue weighted by Gasteiger charge is 2.43. The van der Waals surface area contributed by atoms with Crippen molar-refractivity contribution in [3.63, 3.8) is 0 Å². The van der Waals surface area contributed by atoms with Crippen LogP contribution in [0.25, 0.3) is 0 Å². The lowest BCUT2D eigenvalue weighted by atomic mass is 9.85. The Kier molecular flexibility index (Phi) is 4.90. The molecule has 0 spiro atoms. The molecule has 0 aliphatic heterocycles. The first-order valence-electron chi connectivity index (χ1n) is 3.91. The molecule has 2 N–H and O–H groups in total. The maximum absolute atomic E-state index is 12.2.